The molecule has 1 fully saturated rings. The SMILES string of the molecule is CCOc1cccc2sc(N3CCN(C(=O)c4ccc(Oc5ccccc5)cc4)CC3)nc12. The van der Waals surface area contributed by atoms with Crippen LogP contribution in [0.1, 0.15) is 17.3 Å². The number of ether oxygens (including phenoxy) is 2. The van der Waals surface area contributed by atoms with Crippen molar-refractivity contribution in [1.82, 2.24) is 9.88 Å². The zero-order valence-corrected chi connectivity index (χ0v) is 19.3. The summed E-state index contributed by atoms with van der Waals surface area (Å²) in [4.78, 5) is 22.0. The Bertz CT molecular complexity index is 1230. The Morgan fingerprint density at radius 2 is 1.64 bits per heavy atom. The largest absolute Gasteiger partial charge is 0.492 e. The number of rotatable bonds is 6. The van der Waals surface area contributed by atoms with Crippen LogP contribution in [-0.4, -0.2) is 48.6 Å². The third-order valence-corrected chi connectivity index (χ3v) is 6.67. The maximum Gasteiger partial charge on any atom is 0.253 e. The highest BCUT2D eigenvalue weighted by molar-refractivity contribution is 7.22. The molecule has 0 bridgehead atoms. The molecule has 1 amide bonds. The van der Waals surface area contributed by atoms with E-state index in [1.54, 1.807) is 11.3 Å². The molecule has 4 aromatic rings. The van der Waals surface area contributed by atoms with Crippen LogP contribution in [0.3, 0.4) is 0 Å². The van der Waals surface area contributed by atoms with Crippen molar-refractivity contribution in [3.05, 3.63) is 78.4 Å². The Morgan fingerprint density at radius 1 is 0.909 bits per heavy atom. The molecule has 1 aliphatic heterocycles. The average Bonchev–Trinajstić information content (AvgIpc) is 3.31. The minimum atomic E-state index is 0.0452. The van der Waals surface area contributed by atoms with E-state index >= 15 is 0 Å². The maximum atomic E-state index is 13.0. The maximum absolute atomic E-state index is 13.0. The first-order valence-electron chi connectivity index (χ1n) is 11.1. The lowest BCUT2D eigenvalue weighted by Crippen LogP contribution is -2.48. The molecule has 0 spiro atoms. The van der Waals surface area contributed by atoms with E-state index < -0.39 is 0 Å². The van der Waals surface area contributed by atoms with E-state index in [0.29, 0.717) is 31.0 Å². The number of amides is 1. The molecule has 3 aromatic carbocycles. The summed E-state index contributed by atoms with van der Waals surface area (Å²) < 4.78 is 12.7. The van der Waals surface area contributed by atoms with E-state index in [9.17, 15) is 4.79 Å². The van der Waals surface area contributed by atoms with Crippen molar-refractivity contribution in [3.8, 4) is 17.2 Å². The van der Waals surface area contributed by atoms with E-state index in [0.717, 1.165) is 39.9 Å². The van der Waals surface area contributed by atoms with Crippen molar-refractivity contribution in [2.45, 2.75) is 6.92 Å². The first-order valence-corrected chi connectivity index (χ1v) is 11.9. The fourth-order valence-corrected chi connectivity index (χ4v) is 4.93. The van der Waals surface area contributed by atoms with Crippen LogP contribution in [0.25, 0.3) is 10.2 Å². The number of benzene rings is 3. The van der Waals surface area contributed by atoms with Crippen LogP contribution in [-0.2, 0) is 0 Å². The number of nitrogens with zero attached hydrogens (tertiary/aromatic N) is 3. The average molecular weight is 460 g/mol. The van der Waals surface area contributed by atoms with Gasteiger partial charge in [-0.3, -0.25) is 4.79 Å². The van der Waals surface area contributed by atoms with Crippen molar-refractivity contribution in [2.75, 3.05) is 37.7 Å². The number of carbonyl (C=O) groups is 1. The summed E-state index contributed by atoms with van der Waals surface area (Å²) in [5, 5.41) is 0.978. The van der Waals surface area contributed by atoms with Crippen molar-refractivity contribution in [3.63, 3.8) is 0 Å². The highest BCUT2D eigenvalue weighted by Crippen LogP contribution is 2.34. The Balaban J connectivity index is 1.21. The Labute approximate surface area is 197 Å². The van der Waals surface area contributed by atoms with E-state index in [1.165, 1.54) is 0 Å². The van der Waals surface area contributed by atoms with Gasteiger partial charge in [0.05, 0.1) is 11.3 Å². The highest BCUT2D eigenvalue weighted by atomic mass is 32.1. The Hall–Kier alpha value is -3.58. The summed E-state index contributed by atoms with van der Waals surface area (Å²) in [5.41, 5.74) is 1.58. The van der Waals surface area contributed by atoms with Crippen LogP contribution >= 0.6 is 11.3 Å². The minimum absolute atomic E-state index is 0.0452. The molecule has 0 N–H and O–H groups in total. The van der Waals surface area contributed by atoms with Crippen molar-refractivity contribution in [1.29, 1.82) is 0 Å². The van der Waals surface area contributed by atoms with Gasteiger partial charge in [0.2, 0.25) is 0 Å². The van der Waals surface area contributed by atoms with Crippen LogP contribution < -0.4 is 14.4 Å². The monoisotopic (exact) mass is 459 g/mol. The molecule has 1 aromatic heterocycles. The van der Waals surface area contributed by atoms with Crippen molar-refractivity contribution in [2.24, 2.45) is 0 Å². The third-order valence-electron chi connectivity index (χ3n) is 5.59. The van der Waals surface area contributed by atoms with Gasteiger partial charge in [0.1, 0.15) is 22.8 Å². The number of anilines is 1. The van der Waals surface area contributed by atoms with E-state index in [4.69, 9.17) is 14.5 Å². The first kappa shape index (κ1) is 21.3. The molecule has 0 unspecified atom stereocenters. The normalized spacial score (nSPS) is 13.8. The third kappa shape index (κ3) is 4.64. The number of carbonyl (C=O) groups excluding carboxylic acids is 1. The van der Waals surface area contributed by atoms with Gasteiger partial charge in [0, 0.05) is 31.7 Å². The van der Waals surface area contributed by atoms with Crippen molar-refractivity contribution >= 4 is 32.6 Å². The zero-order valence-electron chi connectivity index (χ0n) is 18.4. The molecular formula is C26H25N3O3S. The van der Waals surface area contributed by atoms with Crippen molar-refractivity contribution < 1.29 is 14.3 Å². The van der Waals surface area contributed by atoms with Crippen LogP contribution in [0, 0.1) is 0 Å². The molecule has 168 valence electrons. The van der Waals surface area contributed by atoms with Gasteiger partial charge in [-0.2, -0.15) is 0 Å². The van der Waals surface area contributed by atoms with Crippen LogP contribution in [0.4, 0.5) is 5.13 Å². The summed E-state index contributed by atoms with van der Waals surface area (Å²) in [6, 6.07) is 23.0. The number of thiazole rings is 1. The quantitative estimate of drug-likeness (QED) is 0.384. The van der Waals surface area contributed by atoms with Crippen LogP contribution in [0.5, 0.6) is 17.2 Å². The molecule has 0 saturated carbocycles. The molecule has 5 rings (SSSR count). The minimum Gasteiger partial charge on any atom is -0.492 e. The number of aromatic nitrogens is 1. The predicted molar refractivity (Wildman–Crippen MR) is 132 cm³/mol. The molecule has 0 radical (unpaired) electrons. The van der Waals surface area contributed by atoms with Gasteiger partial charge in [-0.25, -0.2) is 4.98 Å². The smallest absolute Gasteiger partial charge is 0.253 e. The molecule has 1 saturated heterocycles. The standard InChI is InChI=1S/C26H25N3O3S/c1-2-31-22-9-6-10-23-24(22)27-26(33-23)29-17-15-28(16-18-29)25(30)19-11-13-21(14-12-19)32-20-7-4-3-5-8-20/h3-14H,2,15-18H2,1H3. The Kier molecular flexibility index (Phi) is 6.13. The van der Waals surface area contributed by atoms with Gasteiger partial charge in [-0.1, -0.05) is 35.6 Å². The molecule has 2 heterocycles. The summed E-state index contributed by atoms with van der Waals surface area (Å²) in [5.74, 6) is 2.36. The summed E-state index contributed by atoms with van der Waals surface area (Å²) in [6.45, 7) is 5.43. The Morgan fingerprint density at radius 3 is 2.36 bits per heavy atom. The molecular weight excluding hydrogens is 434 g/mol. The summed E-state index contributed by atoms with van der Waals surface area (Å²) in [7, 11) is 0. The van der Waals surface area contributed by atoms with Crippen LogP contribution in [0.15, 0.2) is 72.8 Å². The lowest BCUT2D eigenvalue weighted by molar-refractivity contribution is 0.0747. The molecule has 1 aliphatic rings. The topological polar surface area (TPSA) is 54.9 Å². The zero-order chi connectivity index (χ0) is 22.6. The molecule has 0 aliphatic carbocycles. The van der Waals surface area contributed by atoms with Gasteiger partial charge >= 0.3 is 0 Å². The van der Waals surface area contributed by atoms with Gasteiger partial charge in [-0.05, 0) is 55.5 Å². The van der Waals surface area contributed by atoms with Gasteiger partial charge in [0.25, 0.3) is 5.91 Å². The lowest BCUT2D eigenvalue weighted by atomic mass is 10.1. The predicted octanol–water partition coefficient (Wildman–Crippen LogP) is 5.45. The first-order chi connectivity index (χ1) is 16.2. The lowest BCUT2D eigenvalue weighted by Gasteiger charge is -2.34. The number of para-hydroxylation sites is 2. The molecule has 0 atom stereocenters. The number of hydrogen-bond acceptors (Lipinski definition) is 6. The van der Waals surface area contributed by atoms with E-state index in [1.807, 2.05) is 78.6 Å². The van der Waals surface area contributed by atoms with Gasteiger partial charge < -0.3 is 19.3 Å². The molecule has 6 nitrogen and oxygen atoms in total. The van der Waals surface area contributed by atoms with E-state index in [-0.39, 0.29) is 5.91 Å². The molecule has 7 heteroatoms. The molecule has 33 heavy (non-hydrogen) atoms. The fourth-order valence-electron chi connectivity index (χ4n) is 3.89. The van der Waals surface area contributed by atoms with Crippen LogP contribution in [0.2, 0.25) is 0 Å². The fraction of sp³-hybridized carbons (Fsp3) is 0.231. The second kappa shape index (κ2) is 9.50. The van der Waals surface area contributed by atoms with E-state index in [2.05, 4.69) is 11.0 Å². The summed E-state index contributed by atoms with van der Waals surface area (Å²) in [6.07, 6.45) is 0. The number of hydrogen-bond donors (Lipinski definition) is 0. The highest BCUT2D eigenvalue weighted by Gasteiger charge is 2.24. The number of piperazine rings is 1. The second-order valence-electron chi connectivity index (χ2n) is 7.75. The summed E-state index contributed by atoms with van der Waals surface area (Å²) >= 11 is 1.67. The van der Waals surface area contributed by atoms with Gasteiger partial charge in [0.15, 0.2) is 5.13 Å². The van der Waals surface area contributed by atoms with Gasteiger partial charge in [-0.15, -0.1) is 0 Å². The second-order valence-corrected chi connectivity index (χ2v) is 8.76. The number of fused-ring (bicyclic) bond motifs is 1.